The molecule has 4 aromatic rings. The summed E-state index contributed by atoms with van der Waals surface area (Å²) < 4.78 is 6.32. The van der Waals surface area contributed by atoms with E-state index >= 15 is 0 Å². The summed E-state index contributed by atoms with van der Waals surface area (Å²) >= 11 is 3.42. The van der Waals surface area contributed by atoms with Gasteiger partial charge in [0.15, 0.2) is 0 Å². The minimum Gasteiger partial charge on any atom is -0.480 e. The summed E-state index contributed by atoms with van der Waals surface area (Å²) in [6.07, 6.45) is 1.82. The number of hydrogen-bond donors (Lipinski definition) is 1. The Balaban J connectivity index is 2.11. The van der Waals surface area contributed by atoms with Crippen LogP contribution in [-0.2, 0) is 0 Å². The molecule has 0 aliphatic heterocycles. The number of hydrogen-bond acceptors (Lipinski definition) is 4. The number of fused-ring (bicyclic) bond motifs is 1. The minimum absolute atomic E-state index is 0.194. The molecule has 0 unspecified atom stereocenters. The molecule has 0 saturated heterocycles. The molecular weight excluding hydrogens is 416 g/mol. The van der Waals surface area contributed by atoms with E-state index in [1.54, 1.807) is 0 Å². The summed E-state index contributed by atoms with van der Waals surface area (Å²) in [5.74, 6) is 0.194. The van der Waals surface area contributed by atoms with Gasteiger partial charge in [0, 0.05) is 32.7 Å². The van der Waals surface area contributed by atoms with Gasteiger partial charge in [-0.05, 0) is 23.8 Å². The van der Waals surface area contributed by atoms with Crippen molar-refractivity contribution in [2.45, 2.75) is 0 Å². The van der Waals surface area contributed by atoms with Gasteiger partial charge in [-0.15, -0.1) is 0 Å². The van der Waals surface area contributed by atoms with Crippen LogP contribution in [0.3, 0.4) is 0 Å². The van der Waals surface area contributed by atoms with Crippen LogP contribution in [0.1, 0.15) is 11.1 Å². The Bertz CT molecular complexity index is 1280. The third-order valence-corrected chi connectivity index (χ3v) is 5.09. The lowest BCUT2D eigenvalue weighted by Gasteiger charge is -2.14. The lowest BCUT2D eigenvalue weighted by Crippen LogP contribution is -2.02. The van der Waals surface area contributed by atoms with E-state index in [2.05, 4.69) is 38.0 Å². The molecule has 0 spiro atoms. The number of rotatable bonds is 3. The van der Waals surface area contributed by atoms with E-state index in [1.807, 2.05) is 54.7 Å². The average molecular weight is 429 g/mol. The van der Waals surface area contributed by atoms with Crippen LogP contribution in [0.25, 0.3) is 33.3 Å². The predicted octanol–water partition coefficient (Wildman–Crippen LogP) is 5.41. The van der Waals surface area contributed by atoms with Crippen LogP contribution in [-0.4, -0.2) is 17.1 Å². The fourth-order valence-corrected chi connectivity index (χ4v) is 3.56. The Morgan fingerprint density at radius 3 is 2.39 bits per heavy atom. The maximum Gasteiger partial charge on any atom is 0.232 e. The van der Waals surface area contributed by atoms with Crippen molar-refractivity contribution >= 4 is 26.8 Å². The molecule has 0 aliphatic carbocycles. The van der Waals surface area contributed by atoms with E-state index in [1.165, 1.54) is 7.11 Å². The van der Waals surface area contributed by atoms with E-state index in [4.69, 9.17) is 4.74 Å². The second kappa shape index (κ2) is 7.19. The van der Waals surface area contributed by atoms with Crippen molar-refractivity contribution in [1.82, 2.24) is 9.97 Å². The number of aromatic amines is 1. The van der Waals surface area contributed by atoms with Gasteiger partial charge < -0.3 is 9.72 Å². The maximum atomic E-state index is 10.0. The van der Waals surface area contributed by atoms with Gasteiger partial charge in [-0.3, -0.25) is 0 Å². The highest BCUT2D eigenvalue weighted by Crippen LogP contribution is 2.39. The van der Waals surface area contributed by atoms with Crippen LogP contribution >= 0.6 is 15.9 Å². The van der Waals surface area contributed by atoms with Crippen molar-refractivity contribution in [2.24, 2.45) is 0 Å². The molecule has 2 aromatic carbocycles. The van der Waals surface area contributed by atoms with Crippen LogP contribution in [0.5, 0.6) is 5.88 Å². The van der Waals surface area contributed by atoms with Crippen LogP contribution in [0.15, 0.2) is 59.2 Å². The summed E-state index contributed by atoms with van der Waals surface area (Å²) in [5.41, 5.74) is 4.05. The van der Waals surface area contributed by atoms with E-state index in [0.29, 0.717) is 16.8 Å². The van der Waals surface area contributed by atoms with Crippen LogP contribution in [0.2, 0.25) is 0 Å². The maximum absolute atomic E-state index is 10.0. The van der Waals surface area contributed by atoms with Crippen LogP contribution in [0.4, 0.5) is 0 Å². The number of ether oxygens (including phenoxy) is 1. The van der Waals surface area contributed by atoms with Gasteiger partial charge in [0.25, 0.3) is 0 Å². The summed E-state index contributed by atoms with van der Waals surface area (Å²) in [7, 11) is 1.47. The molecular formula is C22H13BrN4O. The molecule has 0 saturated carbocycles. The van der Waals surface area contributed by atoms with Gasteiger partial charge in [0.05, 0.1) is 18.4 Å². The van der Waals surface area contributed by atoms with Gasteiger partial charge in [-0.2, -0.15) is 10.5 Å². The van der Waals surface area contributed by atoms with Gasteiger partial charge in [0.1, 0.15) is 17.7 Å². The van der Waals surface area contributed by atoms with E-state index < -0.39 is 0 Å². The first-order valence-electron chi connectivity index (χ1n) is 8.42. The third kappa shape index (κ3) is 2.81. The Morgan fingerprint density at radius 1 is 1.00 bits per heavy atom. The number of benzene rings is 2. The van der Waals surface area contributed by atoms with Crippen molar-refractivity contribution in [3.8, 4) is 40.4 Å². The highest BCUT2D eigenvalue weighted by Gasteiger charge is 2.24. The van der Waals surface area contributed by atoms with Crippen molar-refractivity contribution in [1.29, 1.82) is 10.5 Å². The number of nitrogens with one attached hydrogen (secondary N) is 1. The number of aromatic nitrogens is 2. The molecule has 6 heteroatoms. The van der Waals surface area contributed by atoms with Crippen molar-refractivity contribution in [3.63, 3.8) is 0 Å². The van der Waals surface area contributed by atoms with Crippen molar-refractivity contribution in [2.75, 3.05) is 7.11 Å². The predicted molar refractivity (Wildman–Crippen MR) is 111 cm³/mol. The Labute approximate surface area is 170 Å². The molecule has 5 nitrogen and oxygen atoms in total. The number of methoxy groups -OCH3 is 1. The molecule has 134 valence electrons. The second-order valence-electron chi connectivity index (χ2n) is 6.07. The zero-order chi connectivity index (χ0) is 19.7. The molecule has 28 heavy (non-hydrogen) atoms. The zero-order valence-electron chi connectivity index (χ0n) is 14.8. The highest BCUT2D eigenvalue weighted by atomic mass is 79.9. The van der Waals surface area contributed by atoms with Crippen LogP contribution in [0, 0.1) is 22.7 Å². The van der Waals surface area contributed by atoms with Crippen molar-refractivity contribution in [3.05, 3.63) is 70.3 Å². The minimum atomic E-state index is 0.194. The first-order chi connectivity index (χ1) is 13.7. The normalized spacial score (nSPS) is 10.4. The molecule has 1 N–H and O–H groups in total. The molecule has 4 rings (SSSR count). The van der Waals surface area contributed by atoms with Gasteiger partial charge in [-0.25, -0.2) is 4.98 Å². The number of pyridine rings is 1. The monoisotopic (exact) mass is 428 g/mol. The van der Waals surface area contributed by atoms with Crippen molar-refractivity contribution < 1.29 is 4.74 Å². The summed E-state index contributed by atoms with van der Waals surface area (Å²) in [4.78, 5) is 7.74. The molecule has 0 fully saturated rings. The van der Waals surface area contributed by atoms with E-state index in [-0.39, 0.29) is 11.4 Å². The smallest absolute Gasteiger partial charge is 0.232 e. The number of H-pyrrole nitrogens is 1. The topological polar surface area (TPSA) is 85.5 Å². The number of nitrogens with zero attached hydrogens (tertiary/aromatic N) is 3. The first kappa shape index (κ1) is 17.8. The summed E-state index contributed by atoms with van der Waals surface area (Å²) in [6, 6.07) is 19.7. The van der Waals surface area contributed by atoms with Gasteiger partial charge in [-0.1, -0.05) is 46.3 Å². The Hall–Kier alpha value is -3.61. The van der Waals surface area contributed by atoms with E-state index in [0.717, 1.165) is 26.5 Å². The molecule has 0 amide bonds. The second-order valence-corrected chi connectivity index (χ2v) is 6.99. The molecule has 0 bridgehead atoms. The summed E-state index contributed by atoms with van der Waals surface area (Å²) in [5, 5.41) is 20.7. The fraction of sp³-hybridized carbons (Fsp3) is 0.0455. The molecule has 2 heterocycles. The fourth-order valence-electron chi connectivity index (χ4n) is 3.29. The molecule has 0 radical (unpaired) electrons. The number of nitriles is 2. The largest absolute Gasteiger partial charge is 0.480 e. The lowest BCUT2D eigenvalue weighted by atomic mass is 9.92. The average Bonchev–Trinajstić information content (AvgIpc) is 3.16. The zero-order valence-corrected chi connectivity index (χ0v) is 16.4. The SMILES string of the molecule is COc1nc(-c2c[nH]c3ccccc23)c(C#N)c(-c2ccc(Br)cc2)c1C#N. The number of halogens is 1. The first-order valence-corrected chi connectivity index (χ1v) is 9.21. The van der Waals surface area contributed by atoms with Gasteiger partial charge in [0.2, 0.25) is 5.88 Å². The Kier molecular flexibility index (Phi) is 4.57. The lowest BCUT2D eigenvalue weighted by molar-refractivity contribution is 0.397. The van der Waals surface area contributed by atoms with Crippen LogP contribution < -0.4 is 4.74 Å². The standard InChI is InChI=1S/C22H13BrN4O/c1-28-22-17(11-25)20(13-6-8-14(23)9-7-13)16(10-24)21(27-22)18-12-26-19-5-3-2-4-15(18)19/h2-9,12,26H,1H3. The summed E-state index contributed by atoms with van der Waals surface area (Å²) in [6.45, 7) is 0. The van der Waals surface area contributed by atoms with Gasteiger partial charge >= 0.3 is 0 Å². The Morgan fingerprint density at radius 2 is 1.71 bits per heavy atom. The highest BCUT2D eigenvalue weighted by molar-refractivity contribution is 9.10. The van der Waals surface area contributed by atoms with E-state index in [9.17, 15) is 10.5 Å². The third-order valence-electron chi connectivity index (χ3n) is 4.56. The molecule has 2 aromatic heterocycles. The quantitative estimate of drug-likeness (QED) is 0.472. The molecule has 0 aliphatic rings. The molecule has 0 atom stereocenters. The number of para-hydroxylation sites is 1.